The second-order valence-electron chi connectivity index (χ2n) is 9.64. The normalized spacial score (nSPS) is 14.1. The highest BCUT2D eigenvalue weighted by molar-refractivity contribution is 7.24. The molecule has 196 valence electrons. The van der Waals surface area contributed by atoms with E-state index in [1.54, 1.807) is 84.9 Å². The van der Waals surface area contributed by atoms with Crippen molar-refractivity contribution in [2.45, 2.75) is 0 Å². The molecule has 7 rings (SSSR count). The van der Waals surface area contributed by atoms with E-state index in [9.17, 15) is 19.2 Å². The molecule has 0 N–H and O–H groups in total. The smallest absolute Gasteiger partial charge is 0.197 e. The number of halogens is 1. The van der Waals surface area contributed by atoms with E-state index < -0.39 is 0 Å². The zero-order valence-corrected chi connectivity index (χ0v) is 22.8. The molecule has 41 heavy (non-hydrogen) atoms. The maximum absolute atomic E-state index is 15.1. The van der Waals surface area contributed by atoms with E-state index in [0.29, 0.717) is 42.4 Å². The maximum atomic E-state index is 15.1. The fraction of sp³-hybridized carbons (Fsp3) is 0. The third-order valence-electron chi connectivity index (χ3n) is 7.14. The molecule has 0 saturated carbocycles. The first kappa shape index (κ1) is 25.1. The van der Waals surface area contributed by atoms with Gasteiger partial charge in [-0.25, -0.2) is 4.39 Å². The first-order valence-electron chi connectivity index (χ1n) is 12.7. The number of allylic oxidation sites excluding steroid dienone is 2. The summed E-state index contributed by atoms with van der Waals surface area (Å²) in [6.07, 6.45) is 3.17. The van der Waals surface area contributed by atoms with Crippen molar-refractivity contribution in [2.75, 3.05) is 0 Å². The van der Waals surface area contributed by atoms with Gasteiger partial charge in [-0.1, -0.05) is 72.8 Å². The summed E-state index contributed by atoms with van der Waals surface area (Å²) in [6.45, 7) is 0. The highest BCUT2D eigenvalue weighted by Crippen LogP contribution is 2.41. The molecule has 4 nitrogen and oxygen atoms in total. The van der Waals surface area contributed by atoms with Crippen LogP contribution in [0.3, 0.4) is 0 Å². The summed E-state index contributed by atoms with van der Waals surface area (Å²) < 4.78 is 15.1. The molecular formula is C34H17FO4S2. The maximum Gasteiger partial charge on any atom is 0.197 e. The first-order chi connectivity index (χ1) is 19.9. The van der Waals surface area contributed by atoms with Crippen LogP contribution in [0.25, 0.3) is 32.3 Å². The van der Waals surface area contributed by atoms with E-state index in [1.807, 2.05) is 12.1 Å². The number of hydrogen-bond donors (Lipinski definition) is 0. The van der Waals surface area contributed by atoms with E-state index in [2.05, 4.69) is 0 Å². The van der Waals surface area contributed by atoms with Crippen molar-refractivity contribution >= 4 is 58.0 Å². The minimum Gasteiger partial charge on any atom is -0.288 e. The van der Waals surface area contributed by atoms with Crippen LogP contribution in [-0.4, -0.2) is 23.1 Å². The predicted octanol–water partition coefficient (Wildman–Crippen LogP) is 8.21. The Hall–Kier alpha value is -4.85. The fourth-order valence-corrected chi connectivity index (χ4v) is 7.20. The van der Waals surface area contributed by atoms with Gasteiger partial charge in [0, 0.05) is 36.9 Å². The number of fused-ring (bicyclic) bond motifs is 2. The molecule has 2 aliphatic rings. The Morgan fingerprint density at radius 3 is 1.59 bits per heavy atom. The van der Waals surface area contributed by atoms with Crippen LogP contribution < -0.4 is 0 Å². The van der Waals surface area contributed by atoms with Crippen molar-refractivity contribution in [3.8, 4) is 20.2 Å². The minimum absolute atomic E-state index is 0.117. The van der Waals surface area contributed by atoms with Crippen LogP contribution in [-0.2, 0) is 0 Å². The molecule has 0 radical (unpaired) electrons. The molecule has 5 aromatic rings. The van der Waals surface area contributed by atoms with E-state index in [1.165, 1.54) is 28.7 Å². The van der Waals surface area contributed by atoms with Crippen molar-refractivity contribution in [3.63, 3.8) is 0 Å². The van der Waals surface area contributed by atoms with Crippen LogP contribution in [0.15, 0.2) is 102 Å². The number of Topliss-reactive ketones (excluding diaryl/α,β-unsaturated/α-hetero) is 4. The van der Waals surface area contributed by atoms with Crippen molar-refractivity contribution in [3.05, 3.63) is 141 Å². The lowest BCUT2D eigenvalue weighted by Crippen LogP contribution is -2.00. The topological polar surface area (TPSA) is 68.3 Å². The summed E-state index contributed by atoms with van der Waals surface area (Å²) in [4.78, 5) is 53.4. The molecule has 0 unspecified atom stereocenters. The van der Waals surface area contributed by atoms with Gasteiger partial charge in [0.1, 0.15) is 5.82 Å². The third-order valence-corrected chi connectivity index (χ3v) is 9.51. The van der Waals surface area contributed by atoms with E-state index in [-0.39, 0.29) is 40.1 Å². The largest absolute Gasteiger partial charge is 0.288 e. The minimum atomic E-state index is -0.363. The quantitative estimate of drug-likeness (QED) is 0.161. The number of hydrogen-bond acceptors (Lipinski definition) is 6. The summed E-state index contributed by atoms with van der Waals surface area (Å²) in [7, 11) is 0. The fourth-order valence-electron chi connectivity index (χ4n) is 5.09. The molecule has 0 spiro atoms. The molecule has 0 amide bonds. The van der Waals surface area contributed by atoms with Gasteiger partial charge >= 0.3 is 0 Å². The molecular weight excluding hydrogens is 556 g/mol. The van der Waals surface area contributed by atoms with Gasteiger partial charge in [-0.2, -0.15) is 0 Å². The van der Waals surface area contributed by atoms with Crippen molar-refractivity contribution in [2.24, 2.45) is 0 Å². The SMILES string of the molecule is O=C1C(=Cc2ccc(-c3cc(F)c(-c4ccc(C=C5C(=O)c6ccccc6C5=O)s4)s3)cc2)C(=O)c2ccccc21. The van der Waals surface area contributed by atoms with Crippen LogP contribution in [0.4, 0.5) is 4.39 Å². The van der Waals surface area contributed by atoms with Crippen LogP contribution in [0, 0.1) is 5.82 Å². The molecule has 0 bridgehead atoms. The predicted molar refractivity (Wildman–Crippen MR) is 159 cm³/mol. The summed E-state index contributed by atoms with van der Waals surface area (Å²) in [6, 6.07) is 25.8. The lowest BCUT2D eigenvalue weighted by atomic mass is 10.0. The molecule has 0 atom stereocenters. The number of ketones is 4. The molecule has 2 aromatic heterocycles. The Labute approximate surface area is 241 Å². The van der Waals surface area contributed by atoms with Crippen LogP contribution in [0.1, 0.15) is 51.9 Å². The Kier molecular flexibility index (Phi) is 5.92. The lowest BCUT2D eigenvalue weighted by molar-refractivity contribution is 0.0975. The van der Waals surface area contributed by atoms with Gasteiger partial charge in [0.15, 0.2) is 23.1 Å². The van der Waals surface area contributed by atoms with Gasteiger partial charge in [0.25, 0.3) is 0 Å². The molecule has 2 aliphatic carbocycles. The van der Waals surface area contributed by atoms with Crippen molar-refractivity contribution in [1.82, 2.24) is 0 Å². The molecule has 2 heterocycles. The summed E-state index contributed by atoms with van der Waals surface area (Å²) in [5.41, 5.74) is 3.40. The lowest BCUT2D eigenvalue weighted by Gasteiger charge is -2.00. The van der Waals surface area contributed by atoms with E-state index in [0.717, 1.165) is 10.4 Å². The zero-order chi connectivity index (χ0) is 28.2. The summed E-state index contributed by atoms with van der Waals surface area (Å²) in [5.74, 6) is -1.52. The molecule has 0 aliphatic heterocycles. The van der Waals surface area contributed by atoms with Gasteiger partial charge in [0.05, 0.1) is 16.0 Å². The van der Waals surface area contributed by atoms with Crippen molar-refractivity contribution < 1.29 is 23.6 Å². The summed E-state index contributed by atoms with van der Waals surface area (Å²) >= 11 is 2.61. The van der Waals surface area contributed by atoms with E-state index in [4.69, 9.17) is 0 Å². The van der Waals surface area contributed by atoms with Gasteiger partial charge in [-0.15, -0.1) is 22.7 Å². The second-order valence-corrected chi connectivity index (χ2v) is 11.8. The van der Waals surface area contributed by atoms with Gasteiger partial charge < -0.3 is 0 Å². The average Bonchev–Trinajstić information content (AvgIpc) is 3.73. The molecule has 3 aromatic carbocycles. The van der Waals surface area contributed by atoms with E-state index >= 15 is 4.39 Å². The highest BCUT2D eigenvalue weighted by Gasteiger charge is 2.33. The summed E-state index contributed by atoms with van der Waals surface area (Å²) in [5, 5.41) is 0. The molecule has 0 saturated heterocycles. The molecule has 0 fully saturated rings. The second kappa shape index (κ2) is 9.66. The Bertz CT molecular complexity index is 1950. The van der Waals surface area contributed by atoms with Gasteiger partial charge in [0.2, 0.25) is 0 Å². The number of thiophene rings is 2. The van der Waals surface area contributed by atoms with Crippen LogP contribution in [0.5, 0.6) is 0 Å². The van der Waals surface area contributed by atoms with Crippen molar-refractivity contribution in [1.29, 1.82) is 0 Å². The monoisotopic (exact) mass is 572 g/mol. The van der Waals surface area contributed by atoms with Crippen LogP contribution >= 0.6 is 22.7 Å². The van der Waals surface area contributed by atoms with Crippen LogP contribution in [0.2, 0.25) is 0 Å². The van der Waals surface area contributed by atoms with Gasteiger partial charge in [-0.05, 0) is 41.5 Å². The highest BCUT2D eigenvalue weighted by atomic mass is 32.1. The number of carbonyl (C=O) groups is 4. The third kappa shape index (κ3) is 4.18. The number of carbonyl (C=O) groups excluding carboxylic acids is 4. The van der Waals surface area contributed by atoms with Gasteiger partial charge in [-0.3, -0.25) is 19.2 Å². The Morgan fingerprint density at radius 1 is 0.537 bits per heavy atom. The molecule has 7 heteroatoms. The average molecular weight is 573 g/mol. The number of benzene rings is 3. The zero-order valence-electron chi connectivity index (χ0n) is 21.1. The Balaban J connectivity index is 1.13. The Morgan fingerprint density at radius 2 is 1.05 bits per heavy atom. The standard InChI is InChI=1S/C34H17FO4S2/c35-27-17-29(19-11-9-18(10-12-19)15-25-30(36)21-5-1-2-6-22(21)31(25)37)41-34(27)28-14-13-20(40-28)16-26-32(38)23-7-3-4-8-24(23)33(26)39/h1-17H. The first-order valence-corrected chi connectivity index (χ1v) is 14.3. The number of rotatable bonds is 4.